The minimum atomic E-state index is -0.649. The summed E-state index contributed by atoms with van der Waals surface area (Å²) in [4.78, 5) is 15.0. The van der Waals surface area contributed by atoms with Gasteiger partial charge in [0.05, 0.1) is 24.3 Å². The van der Waals surface area contributed by atoms with Gasteiger partial charge >= 0.3 is 0 Å². The lowest BCUT2D eigenvalue weighted by Gasteiger charge is -2.52. The number of rotatable bonds is 4. The number of amides is 1. The van der Waals surface area contributed by atoms with Crippen LogP contribution >= 0.6 is 0 Å². The molecule has 5 nitrogen and oxygen atoms in total. The molecule has 2 N–H and O–H groups in total. The highest BCUT2D eigenvalue weighted by Crippen LogP contribution is 2.40. The molecule has 1 spiro atoms. The molecule has 0 aromatic rings. The summed E-state index contributed by atoms with van der Waals surface area (Å²) >= 11 is 0. The molecule has 152 valence electrons. The van der Waals surface area contributed by atoms with E-state index >= 15 is 0 Å². The Kier molecular flexibility index (Phi) is 6.83. The van der Waals surface area contributed by atoms with Crippen LogP contribution in [0.2, 0.25) is 0 Å². The molecule has 1 amide bonds. The largest absolute Gasteiger partial charge is 0.388 e. The maximum absolute atomic E-state index is 12.6. The van der Waals surface area contributed by atoms with Gasteiger partial charge in [0, 0.05) is 32.4 Å². The molecule has 0 aromatic heterocycles. The van der Waals surface area contributed by atoms with Crippen LogP contribution in [0, 0.1) is 17.8 Å². The van der Waals surface area contributed by atoms with E-state index in [1.807, 2.05) is 6.92 Å². The van der Waals surface area contributed by atoms with Crippen molar-refractivity contribution in [1.29, 1.82) is 0 Å². The first-order valence-electron chi connectivity index (χ1n) is 10.8. The second-order valence-corrected chi connectivity index (χ2v) is 8.99. The number of carbonyl (C=O) groups is 1. The molecule has 0 radical (unpaired) electrons. The van der Waals surface area contributed by atoms with Crippen molar-refractivity contribution in [3.63, 3.8) is 0 Å². The molecule has 2 aliphatic heterocycles. The van der Waals surface area contributed by atoms with E-state index < -0.39 is 11.6 Å². The van der Waals surface area contributed by atoms with Crippen molar-refractivity contribution in [2.75, 3.05) is 26.2 Å². The molecule has 0 unspecified atom stereocenters. The van der Waals surface area contributed by atoms with Gasteiger partial charge in [0.25, 0.3) is 0 Å². The van der Waals surface area contributed by atoms with Crippen LogP contribution < -0.4 is 5.32 Å². The predicted octanol–water partition coefficient (Wildman–Crippen LogP) is 2.47. The van der Waals surface area contributed by atoms with Gasteiger partial charge in [-0.15, -0.1) is 5.92 Å². The average molecular weight is 377 g/mol. The molecule has 3 rings (SSSR count). The summed E-state index contributed by atoms with van der Waals surface area (Å²) in [6.07, 6.45) is 8.21. The number of carbonyl (C=O) groups excluding carboxylic acids is 1. The Bertz CT molecular complexity index is 568. The fourth-order valence-corrected chi connectivity index (χ4v) is 4.98. The van der Waals surface area contributed by atoms with Crippen LogP contribution in [0.15, 0.2) is 0 Å². The predicted molar refractivity (Wildman–Crippen MR) is 106 cm³/mol. The van der Waals surface area contributed by atoms with Gasteiger partial charge < -0.3 is 15.2 Å². The van der Waals surface area contributed by atoms with Gasteiger partial charge in [-0.1, -0.05) is 25.7 Å². The Balaban J connectivity index is 1.55. The molecule has 0 bridgehead atoms. The minimum Gasteiger partial charge on any atom is -0.388 e. The molecule has 2 atom stereocenters. The summed E-state index contributed by atoms with van der Waals surface area (Å²) in [5, 5.41) is 13.8. The van der Waals surface area contributed by atoms with Gasteiger partial charge in [-0.3, -0.25) is 9.69 Å². The standard InChI is InChI=1S/C22H36N2O3/c1-3-4-7-12-24-13-10-22(11-14-24)17-21(2,19(25)16-27-22)23-20(26)15-18-8-5-6-9-18/h18-19,25H,3,5-6,8-17H2,1-2H3,(H,23,26)/t19-,21-/m0/s1. The van der Waals surface area contributed by atoms with Crippen LogP contribution in [-0.4, -0.2) is 59.4 Å². The SMILES string of the molecule is CCC#CCN1CCC2(CC1)C[C@](C)(NC(=O)CC1CCCC1)[C@@H](O)CO2. The molecule has 5 heteroatoms. The second-order valence-electron chi connectivity index (χ2n) is 8.99. The fourth-order valence-electron chi connectivity index (χ4n) is 4.98. The van der Waals surface area contributed by atoms with Crippen molar-refractivity contribution in [2.24, 2.45) is 5.92 Å². The van der Waals surface area contributed by atoms with E-state index in [0.29, 0.717) is 25.4 Å². The van der Waals surface area contributed by atoms with E-state index in [4.69, 9.17) is 4.74 Å². The number of piperidine rings is 1. The Morgan fingerprint density at radius 1 is 1.26 bits per heavy atom. The van der Waals surface area contributed by atoms with Crippen molar-refractivity contribution >= 4 is 5.91 Å². The van der Waals surface area contributed by atoms with E-state index in [2.05, 4.69) is 29.0 Å². The minimum absolute atomic E-state index is 0.0905. The van der Waals surface area contributed by atoms with E-state index in [1.54, 1.807) is 0 Å². The summed E-state index contributed by atoms with van der Waals surface area (Å²) in [7, 11) is 0. The zero-order valence-corrected chi connectivity index (χ0v) is 17.1. The maximum atomic E-state index is 12.6. The lowest BCUT2D eigenvalue weighted by molar-refractivity contribution is -0.181. The van der Waals surface area contributed by atoms with Crippen LogP contribution in [0.5, 0.6) is 0 Å². The summed E-state index contributed by atoms with van der Waals surface area (Å²) in [6, 6.07) is 0. The quantitative estimate of drug-likeness (QED) is 0.740. The number of aliphatic hydroxyl groups is 1. The third kappa shape index (κ3) is 5.25. The van der Waals surface area contributed by atoms with E-state index in [0.717, 1.165) is 51.7 Å². The third-order valence-corrected chi connectivity index (χ3v) is 6.72. The Morgan fingerprint density at radius 2 is 1.96 bits per heavy atom. The molecular formula is C22H36N2O3. The van der Waals surface area contributed by atoms with Gasteiger partial charge in [-0.2, -0.15) is 0 Å². The van der Waals surface area contributed by atoms with E-state index in [9.17, 15) is 9.90 Å². The molecular weight excluding hydrogens is 340 g/mol. The first-order valence-corrected chi connectivity index (χ1v) is 10.8. The Hall–Kier alpha value is -1.09. The third-order valence-electron chi connectivity index (χ3n) is 6.72. The first-order chi connectivity index (χ1) is 12.9. The van der Waals surface area contributed by atoms with Gasteiger partial charge in [-0.05, 0) is 38.5 Å². The lowest BCUT2D eigenvalue weighted by atomic mass is 9.74. The van der Waals surface area contributed by atoms with Gasteiger partial charge in [0.15, 0.2) is 0 Å². The van der Waals surface area contributed by atoms with Gasteiger partial charge in [-0.25, -0.2) is 0 Å². The van der Waals surface area contributed by atoms with Gasteiger partial charge in [0.2, 0.25) is 5.91 Å². The van der Waals surface area contributed by atoms with Crippen LogP contribution in [-0.2, 0) is 9.53 Å². The first kappa shape index (κ1) is 20.6. The summed E-state index contributed by atoms with van der Waals surface area (Å²) < 4.78 is 6.14. The Labute approximate surface area is 164 Å². The topological polar surface area (TPSA) is 61.8 Å². The number of nitrogens with one attached hydrogen (secondary N) is 1. The van der Waals surface area contributed by atoms with Crippen molar-refractivity contribution in [3.8, 4) is 11.8 Å². The van der Waals surface area contributed by atoms with E-state index in [1.165, 1.54) is 12.8 Å². The van der Waals surface area contributed by atoms with Crippen LogP contribution in [0.25, 0.3) is 0 Å². The molecule has 1 saturated carbocycles. The monoisotopic (exact) mass is 376 g/mol. The van der Waals surface area contributed by atoms with Crippen molar-refractivity contribution < 1.29 is 14.6 Å². The molecule has 3 fully saturated rings. The summed E-state index contributed by atoms with van der Waals surface area (Å²) in [5.74, 6) is 6.96. The molecule has 27 heavy (non-hydrogen) atoms. The van der Waals surface area contributed by atoms with Crippen molar-refractivity contribution in [1.82, 2.24) is 10.2 Å². The number of hydrogen-bond acceptors (Lipinski definition) is 4. The summed E-state index contributed by atoms with van der Waals surface area (Å²) in [6.45, 7) is 7.10. The Morgan fingerprint density at radius 3 is 2.63 bits per heavy atom. The smallest absolute Gasteiger partial charge is 0.220 e. The average Bonchev–Trinajstić information content (AvgIpc) is 3.13. The highest BCUT2D eigenvalue weighted by atomic mass is 16.5. The molecule has 1 aliphatic carbocycles. The maximum Gasteiger partial charge on any atom is 0.220 e. The van der Waals surface area contributed by atoms with Crippen molar-refractivity contribution in [2.45, 2.75) is 88.9 Å². The number of hydrogen-bond donors (Lipinski definition) is 2. The number of nitrogens with zero attached hydrogens (tertiary/aromatic N) is 1. The highest BCUT2D eigenvalue weighted by molar-refractivity contribution is 5.77. The second kappa shape index (κ2) is 8.94. The van der Waals surface area contributed by atoms with Crippen LogP contribution in [0.3, 0.4) is 0 Å². The highest BCUT2D eigenvalue weighted by Gasteiger charge is 2.50. The summed E-state index contributed by atoms with van der Waals surface area (Å²) in [5.41, 5.74) is -0.832. The molecule has 3 aliphatic rings. The molecule has 2 heterocycles. The van der Waals surface area contributed by atoms with Crippen LogP contribution in [0.4, 0.5) is 0 Å². The van der Waals surface area contributed by atoms with Crippen molar-refractivity contribution in [3.05, 3.63) is 0 Å². The fraction of sp³-hybridized carbons (Fsp3) is 0.864. The molecule has 0 aromatic carbocycles. The number of ether oxygens (including phenoxy) is 1. The molecule has 2 saturated heterocycles. The number of likely N-dealkylation sites (tertiary alicyclic amines) is 1. The normalized spacial score (nSPS) is 31.4. The van der Waals surface area contributed by atoms with E-state index in [-0.39, 0.29) is 11.5 Å². The van der Waals surface area contributed by atoms with Crippen LogP contribution in [0.1, 0.15) is 71.6 Å². The lowest BCUT2D eigenvalue weighted by Crippen LogP contribution is -2.65. The zero-order chi connectivity index (χ0) is 19.3. The van der Waals surface area contributed by atoms with Gasteiger partial charge in [0.1, 0.15) is 6.10 Å². The zero-order valence-electron chi connectivity index (χ0n) is 17.1. The number of aliphatic hydroxyl groups excluding tert-OH is 1.